The van der Waals surface area contributed by atoms with Crippen molar-refractivity contribution in [1.29, 1.82) is 0 Å². The molecule has 0 aromatic carbocycles. The van der Waals surface area contributed by atoms with Gasteiger partial charge in [-0.25, -0.2) is 4.98 Å². The predicted molar refractivity (Wildman–Crippen MR) is 77.8 cm³/mol. The number of aromatic nitrogens is 1. The van der Waals surface area contributed by atoms with E-state index in [4.69, 9.17) is 39.9 Å². The number of nitrogens with zero attached hydrogens (tertiary/aromatic N) is 1. The molecule has 18 heavy (non-hydrogen) atoms. The van der Waals surface area contributed by atoms with Crippen molar-refractivity contribution < 1.29 is 5.11 Å². The molecule has 0 saturated carbocycles. The number of anilines is 1. The van der Waals surface area contributed by atoms with Crippen molar-refractivity contribution in [2.45, 2.75) is 33.2 Å². The van der Waals surface area contributed by atoms with Crippen LogP contribution in [0.4, 0.5) is 5.82 Å². The number of nitrogens with one attached hydrogen (secondary N) is 1. The van der Waals surface area contributed by atoms with Crippen LogP contribution >= 0.6 is 34.8 Å². The third kappa shape index (κ3) is 4.16. The second kappa shape index (κ2) is 6.29. The highest BCUT2D eigenvalue weighted by atomic mass is 35.5. The Morgan fingerprint density at radius 2 is 1.89 bits per heavy atom. The first-order valence-corrected chi connectivity index (χ1v) is 6.78. The quantitative estimate of drug-likeness (QED) is 0.817. The molecule has 0 aliphatic carbocycles. The zero-order valence-corrected chi connectivity index (χ0v) is 12.9. The zero-order chi connectivity index (χ0) is 13.9. The van der Waals surface area contributed by atoms with Gasteiger partial charge in [0.1, 0.15) is 11.0 Å². The number of rotatable bonds is 4. The summed E-state index contributed by atoms with van der Waals surface area (Å²) in [5, 5.41) is 13.3. The van der Waals surface area contributed by atoms with Gasteiger partial charge in [-0.3, -0.25) is 0 Å². The first-order valence-electron chi connectivity index (χ1n) is 5.64. The highest BCUT2D eigenvalue weighted by Gasteiger charge is 2.25. The normalized spacial score (nSPS) is 13.5. The minimum absolute atomic E-state index is 0.0322. The van der Waals surface area contributed by atoms with Crippen LogP contribution in [0.3, 0.4) is 0 Å². The topological polar surface area (TPSA) is 45.1 Å². The molecule has 1 aromatic heterocycles. The molecule has 3 nitrogen and oxygen atoms in total. The van der Waals surface area contributed by atoms with Crippen LogP contribution in [-0.4, -0.2) is 22.7 Å². The van der Waals surface area contributed by atoms with Crippen molar-refractivity contribution in [3.63, 3.8) is 0 Å². The molecule has 0 spiro atoms. The Hall–Kier alpha value is -0.220. The summed E-state index contributed by atoms with van der Waals surface area (Å²) in [5.41, 5.74) is -0.0418. The molecule has 0 radical (unpaired) electrons. The molecule has 1 unspecified atom stereocenters. The van der Waals surface area contributed by atoms with E-state index in [9.17, 15) is 0 Å². The maximum absolute atomic E-state index is 9.11. The molecule has 0 saturated heterocycles. The van der Waals surface area contributed by atoms with Gasteiger partial charge in [-0.2, -0.15) is 0 Å². The first-order chi connectivity index (χ1) is 8.25. The molecule has 0 fully saturated rings. The summed E-state index contributed by atoms with van der Waals surface area (Å²) in [7, 11) is 0. The molecule has 0 bridgehead atoms. The molecule has 1 rings (SSSR count). The van der Waals surface area contributed by atoms with Crippen molar-refractivity contribution in [3.8, 4) is 0 Å². The molecular formula is C12H17Cl3N2O. The summed E-state index contributed by atoms with van der Waals surface area (Å²) in [4.78, 5) is 4.12. The fourth-order valence-corrected chi connectivity index (χ4v) is 2.11. The molecule has 0 aliphatic heterocycles. The minimum atomic E-state index is -0.0418. The van der Waals surface area contributed by atoms with Crippen LogP contribution < -0.4 is 5.32 Å². The van der Waals surface area contributed by atoms with Gasteiger partial charge in [0.05, 0.1) is 10.0 Å². The van der Waals surface area contributed by atoms with Crippen LogP contribution in [0, 0.1) is 5.41 Å². The van der Waals surface area contributed by atoms with Crippen molar-refractivity contribution in [3.05, 3.63) is 21.3 Å². The number of aliphatic hydroxyl groups is 1. The molecule has 102 valence electrons. The SMILES string of the molecule is CC(C)(C)C(CCO)Nc1nc(Cl)c(Cl)cc1Cl. The van der Waals surface area contributed by atoms with E-state index in [0.717, 1.165) is 0 Å². The Morgan fingerprint density at radius 3 is 2.39 bits per heavy atom. The summed E-state index contributed by atoms with van der Waals surface area (Å²) in [6, 6.07) is 1.59. The van der Waals surface area contributed by atoms with Crippen molar-refractivity contribution in [1.82, 2.24) is 4.98 Å². The molecule has 0 aliphatic rings. The average molecular weight is 312 g/mol. The Morgan fingerprint density at radius 1 is 1.28 bits per heavy atom. The van der Waals surface area contributed by atoms with E-state index < -0.39 is 0 Å². The number of hydrogen-bond donors (Lipinski definition) is 2. The molecular weight excluding hydrogens is 295 g/mol. The lowest BCUT2D eigenvalue weighted by Gasteiger charge is -2.31. The summed E-state index contributed by atoms with van der Waals surface area (Å²) < 4.78 is 0. The Balaban J connectivity index is 2.97. The maximum Gasteiger partial charge on any atom is 0.150 e. The van der Waals surface area contributed by atoms with Crippen LogP contribution in [0.2, 0.25) is 15.2 Å². The first kappa shape index (κ1) is 15.8. The Kier molecular flexibility index (Phi) is 5.53. The third-order valence-electron chi connectivity index (χ3n) is 2.66. The van der Waals surface area contributed by atoms with E-state index in [2.05, 4.69) is 31.1 Å². The molecule has 0 amide bonds. The van der Waals surface area contributed by atoms with Gasteiger partial charge in [-0.15, -0.1) is 0 Å². The zero-order valence-electron chi connectivity index (χ0n) is 10.6. The van der Waals surface area contributed by atoms with Gasteiger partial charge in [-0.05, 0) is 17.9 Å². The van der Waals surface area contributed by atoms with E-state index in [1.807, 2.05) is 0 Å². The van der Waals surface area contributed by atoms with E-state index in [1.165, 1.54) is 0 Å². The van der Waals surface area contributed by atoms with Gasteiger partial charge >= 0.3 is 0 Å². The van der Waals surface area contributed by atoms with Gasteiger partial charge in [0, 0.05) is 12.6 Å². The average Bonchev–Trinajstić information content (AvgIpc) is 2.23. The molecule has 1 aromatic rings. The highest BCUT2D eigenvalue weighted by molar-refractivity contribution is 6.42. The van der Waals surface area contributed by atoms with Crippen LogP contribution in [-0.2, 0) is 0 Å². The lowest BCUT2D eigenvalue weighted by molar-refractivity contribution is 0.235. The monoisotopic (exact) mass is 310 g/mol. The van der Waals surface area contributed by atoms with Gasteiger partial charge in [-0.1, -0.05) is 55.6 Å². The van der Waals surface area contributed by atoms with Crippen LogP contribution in [0.5, 0.6) is 0 Å². The highest BCUT2D eigenvalue weighted by Crippen LogP contribution is 2.32. The van der Waals surface area contributed by atoms with E-state index in [-0.39, 0.29) is 23.2 Å². The predicted octanol–water partition coefficient (Wildman–Crippen LogP) is 4.25. The second-order valence-electron chi connectivity index (χ2n) is 5.17. The fourth-order valence-electron chi connectivity index (χ4n) is 1.56. The maximum atomic E-state index is 9.11. The summed E-state index contributed by atoms with van der Waals surface area (Å²) >= 11 is 17.8. The Bertz CT molecular complexity index is 419. The second-order valence-corrected chi connectivity index (χ2v) is 6.34. The van der Waals surface area contributed by atoms with Gasteiger partial charge in [0.25, 0.3) is 0 Å². The Labute approximate surface area is 122 Å². The lowest BCUT2D eigenvalue weighted by Crippen LogP contribution is -2.35. The summed E-state index contributed by atoms with van der Waals surface area (Å²) in [6.07, 6.45) is 0.599. The van der Waals surface area contributed by atoms with Crippen LogP contribution in [0.15, 0.2) is 6.07 Å². The van der Waals surface area contributed by atoms with Gasteiger partial charge in [0.2, 0.25) is 0 Å². The van der Waals surface area contributed by atoms with E-state index in [0.29, 0.717) is 22.3 Å². The molecule has 6 heteroatoms. The molecule has 2 N–H and O–H groups in total. The lowest BCUT2D eigenvalue weighted by atomic mass is 9.85. The van der Waals surface area contributed by atoms with E-state index >= 15 is 0 Å². The van der Waals surface area contributed by atoms with Crippen LogP contribution in [0.1, 0.15) is 27.2 Å². The van der Waals surface area contributed by atoms with Crippen LogP contribution in [0.25, 0.3) is 0 Å². The summed E-state index contributed by atoms with van der Waals surface area (Å²) in [6.45, 7) is 6.32. The number of pyridine rings is 1. The number of hydrogen-bond acceptors (Lipinski definition) is 3. The van der Waals surface area contributed by atoms with Crippen molar-refractivity contribution in [2.75, 3.05) is 11.9 Å². The van der Waals surface area contributed by atoms with E-state index in [1.54, 1.807) is 6.07 Å². The molecule has 1 heterocycles. The van der Waals surface area contributed by atoms with Crippen molar-refractivity contribution in [2.24, 2.45) is 5.41 Å². The van der Waals surface area contributed by atoms with Crippen molar-refractivity contribution >= 4 is 40.6 Å². The standard InChI is InChI=1S/C12H17Cl3N2O/c1-12(2,3)9(4-5-18)16-11-8(14)6-7(13)10(15)17-11/h6,9,18H,4-5H2,1-3H3,(H,16,17). The smallest absolute Gasteiger partial charge is 0.150 e. The largest absolute Gasteiger partial charge is 0.396 e. The third-order valence-corrected chi connectivity index (χ3v) is 3.62. The van der Waals surface area contributed by atoms with Gasteiger partial charge < -0.3 is 10.4 Å². The summed E-state index contributed by atoms with van der Waals surface area (Å²) in [5.74, 6) is 0.486. The fraction of sp³-hybridized carbons (Fsp3) is 0.583. The minimum Gasteiger partial charge on any atom is -0.396 e. The van der Waals surface area contributed by atoms with Gasteiger partial charge in [0.15, 0.2) is 0 Å². The molecule has 1 atom stereocenters. The number of halogens is 3. The number of aliphatic hydroxyl groups excluding tert-OH is 1.